The van der Waals surface area contributed by atoms with E-state index in [-0.39, 0.29) is 29.0 Å². The Morgan fingerprint density at radius 3 is 2.62 bits per heavy atom. The highest BCUT2D eigenvalue weighted by atomic mass is 16.2. The summed E-state index contributed by atoms with van der Waals surface area (Å²) in [4.78, 5) is 46.2. The summed E-state index contributed by atoms with van der Waals surface area (Å²) in [5.41, 5.74) is 0.186. The second kappa shape index (κ2) is 11.1. The van der Waals surface area contributed by atoms with Crippen LogP contribution in [-0.2, 0) is 17.9 Å². The van der Waals surface area contributed by atoms with E-state index in [1.807, 2.05) is 13.8 Å². The van der Waals surface area contributed by atoms with Crippen LogP contribution in [0.4, 0.5) is 0 Å². The van der Waals surface area contributed by atoms with Crippen LogP contribution in [0.5, 0.6) is 0 Å². The minimum Gasteiger partial charge on any atom is -0.356 e. The van der Waals surface area contributed by atoms with Crippen molar-refractivity contribution < 1.29 is 4.79 Å². The molecule has 0 bridgehead atoms. The standard InChI is InChI=1S/C23H34N6O3/c1-3-13-28-20-18(22(31)29(14-4-2)23(28)32)26-19(27-20)16-9-10-17(15-16)21(30)25-12-8-6-5-7-11-24/h16-17H,3-10,12-15H2,1-2H3,(H,25,30)(H,26,27). The van der Waals surface area contributed by atoms with E-state index in [0.29, 0.717) is 55.9 Å². The summed E-state index contributed by atoms with van der Waals surface area (Å²) < 4.78 is 2.89. The Balaban J connectivity index is 1.72. The van der Waals surface area contributed by atoms with Crippen molar-refractivity contribution in [3.8, 4) is 6.07 Å². The van der Waals surface area contributed by atoms with Crippen LogP contribution in [0.3, 0.4) is 0 Å². The number of rotatable bonds is 11. The highest BCUT2D eigenvalue weighted by Gasteiger charge is 2.33. The summed E-state index contributed by atoms with van der Waals surface area (Å²) in [6.45, 7) is 5.46. The molecular weight excluding hydrogens is 408 g/mol. The number of fused-ring (bicyclic) bond motifs is 1. The first kappa shape index (κ1) is 23.8. The van der Waals surface area contributed by atoms with Crippen molar-refractivity contribution in [2.75, 3.05) is 6.54 Å². The fraction of sp³-hybridized carbons (Fsp3) is 0.696. The van der Waals surface area contributed by atoms with Crippen molar-refractivity contribution >= 4 is 17.1 Å². The molecule has 1 aliphatic carbocycles. The first-order chi connectivity index (χ1) is 15.5. The van der Waals surface area contributed by atoms with Gasteiger partial charge in [0, 0.05) is 37.9 Å². The molecule has 0 spiro atoms. The van der Waals surface area contributed by atoms with E-state index in [9.17, 15) is 14.4 Å². The third-order valence-electron chi connectivity index (χ3n) is 6.23. The molecule has 2 heterocycles. The first-order valence-corrected chi connectivity index (χ1v) is 11.9. The highest BCUT2D eigenvalue weighted by Crippen LogP contribution is 2.37. The predicted molar refractivity (Wildman–Crippen MR) is 122 cm³/mol. The van der Waals surface area contributed by atoms with Crippen molar-refractivity contribution in [1.29, 1.82) is 5.26 Å². The summed E-state index contributed by atoms with van der Waals surface area (Å²) in [5, 5.41) is 11.6. The molecule has 2 atom stereocenters. The van der Waals surface area contributed by atoms with Gasteiger partial charge in [0.2, 0.25) is 5.91 Å². The Kier molecular flexibility index (Phi) is 8.26. The van der Waals surface area contributed by atoms with Crippen LogP contribution in [-0.4, -0.2) is 31.6 Å². The number of imidazole rings is 1. The maximum atomic E-state index is 12.9. The molecule has 1 amide bonds. The molecule has 2 aromatic rings. The predicted octanol–water partition coefficient (Wildman–Crippen LogP) is 2.79. The van der Waals surface area contributed by atoms with Crippen molar-refractivity contribution in [2.24, 2.45) is 5.92 Å². The van der Waals surface area contributed by atoms with Crippen LogP contribution in [0, 0.1) is 17.2 Å². The van der Waals surface area contributed by atoms with Crippen LogP contribution >= 0.6 is 0 Å². The zero-order valence-electron chi connectivity index (χ0n) is 19.2. The summed E-state index contributed by atoms with van der Waals surface area (Å²) in [7, 11) is 0. The largest absolute Gasteiger partial charge is 0.356 e. The van der Waals surface area contributed by atoms with Crippen molar-refractivity contribution in [3.63, 3.8) is 0 Å². The molecule has 0 radical (unpaired) electrons. The van der Waals surface area contributed by atoms with E-state index in [4.69, 9.17) is 5.26 Å². The number of nitriles is 1. The molecule has 2 aromatic heterocycles. The number of aromatic amines is 1. The molecule has 1 fully saturated rings. The molecule has 1 saturated carbocycles. The van der Waals surface area contributed by atoms with Gasteiger partial charge in [-0.1, -0.05) is 20.3 Å². The second-order valence-corrected chi connectivity index (χ2v) is 8.68. The molecule has 9 nitrogen and oxygen atoms in total. The van der Waals surface area contributed by atoms with Crippen LogP contribution < -0.4 is 16.6 Å². The maximum absolute atomic E-state index is 12.9. The van der Waals surface area contributed by atoms with Gasteiger partial charge in [0.05, 0.1) is 6.07 Å². The number of aromatic nitrogens is 4. The average Bonchev–Trinajstić information content (AvgIpc) is 3.44. The molecule has 9 heteroatoms. The normalized spacial score (nSPS) is 18.2. The number of H-pyrrole nitrogens is 1. The minimum atomic E-state index is -0.318. The summed E-state index contributed by atoms with van der Waals surface area (Å²) in [6.07, 6.45) is 7.00. The number of nitrogens with zero attached hydrogens (tertiary/aromatic N) is 4. The molecule has 0 aromatic carbocycles. The summed E-state index contributed by atoms with van der Waals surface area (Å²) in [5.74, 6) is 0.763. The number of nitrogens with one attached hydrogen (secondary N) is 2. The number of hydrogen-bond acceptors (Lipinski definition) is 5. The van der Waals surface area contributed by atoms with Crippen molar-refractivity contribution in [2.45, 2.75) is 90.6 Å². The van der Waals surface area contributed by atoms with Gasteiger partial charge in [-0.05, 0) is 44.9 Å². The third kappa shape index (κ3) is 5.12. The highest BCUT2D eigenvalue weighted by molar-refractivity contribution is 5.79. The van der Waals surface area contributed by atoms with Gasteiger partial charge in [-0.2, -0.15) is 5.26 Å². The molecule has 0 aliphatic heterocycles. The second-order valence-electron chi connectivity index (χ2n) is 8.68. The lowest BCUT2D eigenvalue weighted by molar-refractivity contribution is -0.124. The van der Waals surface area contributed by atoms with Gasteiger partial charge in [0.25, 0.3) is 5.56 Å². The zero-order valence-corrected chi connectivity index (χ0v) is 19.2. The fourth-order valence-electron chi connectivity index (χ4n) is 4.55. The molecule has 2 N–H and O–H groups in total. The topological polar surface area (TPSA) is 126 Å². The Morgan fingerprint density at radius 2 is 1.91 bits per heavy atom. The van der Waals surface area contributed by atoms with Crippen molar-refractivity contribution in [1.82, 2.24) is 24.4 Å². The molecule has 32 heavy (non-hydrogen) atoms. The van der Waals surface area contributed by atoms with E-state index < -0.39 is 0 Å². The lowest BCUT2D eigenvalue weighted by Gasteiger charge is -2.11. The molecule has 0 saturated heterocycles. The van der Waals surface area contributed by atoms with Gasteiger partial charge in [0.15, 0.2) is 5.65 Å². The van der Waals surface area contributed by atoms with Crippen LogP contribution in [0.15, 0.2) is 9.59 Å². The maximum Gasteiger partial charge on any atom is 0.332 e. The molecule has 174 valence electrons. The number of unbranched alkanes of at least 4 members (excludes halogenated alkanes) is 3. The van der Waals surface area contributed by atoms with Gasteiger partial charge < -0.3 is 10.3 Å². The Morgan fingerprint density at radius 1 is 1.16 bits per heavy atom. The van der Waals surface area contributed by atoms with Gasteiger partial charge in [0.1, 0.15) is 11.3 Å². The van der Waals surface area contributed by atoms with E-state index in [2.05, 4.69) is 21.4 Å². The monoisotopic (exact) mass is 442 g/mol. The summed E-state index contributed by atoms with van der Waals surface area (Å²) in [6, 6.07) is 2.13. The molecule has 1 aliphatic rings. The molecule has 2 unspecified atom stereocenters. The number of carbonyl (C=O) groups is 1. The molecule has 3 rings (SSSR count). The van der Waals surface area contributed by atoms with Gasteiger partial charge in [-0.3, -0.25) is 18.7 Å². The number of hydrogen-bond donors (Lipinski definition) is 2. The van der Waals surface area contributed by atoms with Crippen LogP contribution in [0.25, 0.3) is 11.2 Å². The minimum absolute atomic E-state index is 0.0667. The zero-order chi connectivity index (χ0) is 23.1. The average molecular weight is 443 g/mol. The van der Waals surface area contributed by atoms with Crippen LogP contribution in [0.2, 0.25) is 0 Å². The van der Waals surface area contributed by atoms with Crippen molar-refractivity contribution in [3.05, 3.63) is 26.7 Å². The SMILES string of the molecule is CCCn1c(=O)c2[nH]c(C3CCC(C(=O)NCCCCCC#N)C3)nc2n(CCC)c1=O. The Hall–Kier alpha value is -2.89. The van der Waals surface area contributed by atoms with E-state index in [0.717, 1.165) is 38.5 Å². The molecular formula is C23H34N6O3. The van der Waals surface area contributed by atoms with Gasteiger partial charge in [-0.15, -0.1) is 0 Å². The lowest BCUT2D eigenvalue weighted by Crippen LogP contribution is -2.40. The van der Waals surface area contributed by atoms with E-state index in [1.54, 1.807) is 4.57 Å². The van der Waals surface area contributed by atoms with E-state index >= 15 is 0 Å². The quantitative estimate of drug-likeness (QED) is 0.518. The Labute approximate surface area is 187 Å². The van der Waals surface area contributed by atoms with Gasteiger partial charge >= 0.3 is 5.69 Å². The number of amides is 1. The number of aryl methyl sites for hydroxylation is 1. The van der Waals surface area contributed by atoms with Gasteiger partial charge in [-0.25, -0.2) is 9.78 Å². The third-order valence-corrected chi connectivity index (χ3v) is 6.23. The van der Waals surface area contributed by atoms with E-state index in [1.165, 1.54) is 4.57 Å². The number of carbonyl (C=O) groups excluding carboxylic acids is 1. The first-order valence-electron chi connectivity index (χ1n) is 11.9. The lowest BCUT2D eigenvalue weighted by atomic mass is 10.0. The van der Waals surface area contributed by atoms with Crippen LogP contribution in [0.1, 0.15) is 83.4 Å². The summed E-state index contributed by atoms with van der Waals surface area (Å²) >= 11 is 0. The Bertz CT molecular complexity index is 1090. The smallest absolute Gasteiger partial charge is 0.332 e. The fourth-order valence-corrected chi connectivity index (χ4v) is 4.55.